The Morgan fingerprint density at radius 1 is 1.30 bits per heavy atom. The molecule has 1 aliphatic rings. The number of allylic oxidation sites excluding steroid dienone is 2. The fourth-order valence-electron chi connectivity index (χ4n) is 1.41. The van der Waals surface area contributed by atoms with Gasteiger partial charge in [-0.1, -0.05) is 0 Å². The van der Waals surface area contributed by atoms with E-state index in [1.54, 1.807) is 0 Å². The van der Waals surface area contributed by atoms with Crippen LogP contribution in [0, 0.1) is 0 Å². The number of carbonyl (C=O) groups is 1. The van der Waals surface area contributed by atoms with Gasteiger partial charge in [0.15, 0.2) is 5.78 Å². The van der Waals surface area contributed by atoms with E-state index in [0.29, 0.717) is 12.2 Å². The van der Waals surface area contributed by atoms with E-state index in [4.69, 9.17) is 0 Å². The molecule has 0 heterocycles. The fraction of sp³-hybridized carbons (Fsp3) is 0.625. The molecule has 0 spiro atoms. The molecule has 0 aliphatic heterocycles. The van der Waals surface area contributed by atoms with E-state index in [1.807, 2.05) is 25.9 Å². The highest BCUT2D eigenvalue weighted by atomic mass is 16.1. The number of hydrogen-bond acceptors (Lipinski definition) is 2. The van der Waals surface area contributed by atoms with Crippen molar-refractivity contribution in [1.82, 2.24) is 4.90 Å². The Kier molecular flexibility index (Phi) is 1.79. The van der Waals surface area contributed by atoms with Gasteiger partial charge in [0.25, 0.3) is 0 Å². The number of hydrogen-bond donors (Lipinski definition) is 0. The van der Waals surface area contributed by atoms with Crippen molar-refractivity contribution in [3.63, 3.8) is 0 Å². The predicted octanol–water partition coefficient (Wildman–Crippen LogP) is 1.18. The van der Waals surface area contributed by atoms with Crippen molar-refractivity contribution >= 4 is 5.78 Å². The predicted molar refractivity (Wildman–Crippen MR) is 40.6 cm³/mol. The average Bonchev–Trinajstić information content (AvgIpc) is 2.11. The van der Waals surface area contributed by atoms with Gasteiger partial charge in [0.2, 0.25) is 0 Å². The second kappa shape index (κ2) is 2.45. The van der Waals surface area contributed by atoms with Gasteiger partial charge in [0.05, 0.1) is 5.70 Å². The Morgan fingerprint density at radius 3 is 2.10 bits per heavy atom. The molecule has 0 amide bonds. The summed E-state index contributed by atoms with van der Waals surface area (Å²) >= 11 is 0. The molecule has 1 aliphatic carbocycles. The Bertz CT molecular complexity index is 191. The Hall–Kier alpha value is -0.790. The van der Waals surface area contributed by atoms with Crippen LogP contribution >= 0.6 is 0 Å². The summed E-state index contributed by atoms with van der Waals surface area (Å²) in [5.41, 5.74) is 2.15. The maximum Gasteiger partial charge on any atom is 0.179 e. The molecule has 56 valence electrons. The first-order valence-electron chi connectivity index (χ1n) is 3.53. The summed E-state index contributed by atoms with van der Waals surface area (Å²) in [7, 11) is 3.84. The van der Waals surface area contributed by atoms with Crippen LogP contribution in [0.5, 0.6) is 0 Å². The number of nitrogens with zero attached hydrogens (tertiary/aromatic N) is 1. The van der Waals surface area contributed by atoms with Crippen LogP contribution in [-0.2, 0) is 4.79 Å². The molecule has 0 bridgehead atoms. The Labute approximate surface area is 61.5 Å². The summed E-state index contributed by atoms with van der Waals surface area (Å²) in [6.07, 6.45) is 1.66. The summed E-state index contributed by atoms with van der Waals surface area (Å²) in [4.78, 5) is 13.0. The zero-order valence-electron chi connectivity index (χ0n) is 6.77. The first-order chi connectivity index (χ1) is 4.63. The van der Waals surface area contributed by atoms with Crippen molar-refractivity contribution in [3.05, 3.63) is 11.3 Å². The Morgan fingerprint density at radius 2 is 1.90 bits per heavy atom. The molecule has 0 saturated heterocycles. The van der Waals surface area contributed by atoms with Gasteiger partial charge in [-0.2, -0.15) is 0 Å². The average molecular weight is 139 g/mol. The van der Waals surface area contributed by atoms with E-state index in [1.165, 1.54) is 5.57 Å². The van der Waals surface area contributed by atoms with Crippen LogP contribution in [0.3, 0.4) is 0 Å². The third-order valence-corrected chi connectivity index (χ3v) is 1.84. The molecule has 0 aromatic rings. The maximum atomic E-state index is 11.1. The highest BCUT2D eigenvalue weighted by molar-refractivity contribution is 5.97. The third kappa shape index (κ3) is 1.06. The van der Waals surface area contributed by atoms with Crippen molar-refractivity contribution in [2.45, 2.75) is 19.8 Å². The summed E-state index contributed by atoms with van der Waals surface area (Å²) in [6.45, 7) is 2.03. The summed E-state index contributed by atoms with van der Waals surface area (Å²) in [6, 6.07) is 0. The molecule has 0 N–H and O–H groups in total. The number of rotatable bonds is 1. The van der Waals surface area contributed by atoms with Gasteiger partial charge in [-0.3, -0.25) is 4.79 Å². The van der Waals surface area contributed by atoms with E-state index in [9.17, 15) is 4.79 Å². The lowest BCUT2D eigenvalue weighted by molar-refractivity contribution is -0.116. The zero-order valence-corrected chi connectivity index (χ0v) is 6.77. The van der Waals surface area contributed by atoms with Crippen LogP contribution in [0.2, 0.25) is 0 Å². The van der Waals surface area contributed by atoms with Gasteiger partial charge in [0.1, 0.15) is 0 Å². The molecule has 0 unspecified atom stereocenters. The van der Waals surface area contributed by atoms with Crippen molar-refractivity contribution in [2.75, 3.05) is 14.1 Å². The van der Waals surface area contributed by atoms with E-state index >= 15 is 0 Å². The normalized spacial score (nSPS) is 18.5. The molecule has 0 aromatic carbocycles. The van der Waals surface area contributed by atoms with E-state index in [0.717, 1.165) is 12.1 Å². The van der Waals surface area contributed by atoms with E-state index in [2.05, 4.69) is 0 Å². The minimum Gasteiger partial charge on any atom is -0.375 e. The van der Waals surface area contributed by atoms with Gasteiger partial charge in [-0.25, -0.2) is 0 Å². The van der Waals surface area contributed by atoms with Crippen molar-refractivity contribution < 1.29 is 4.79 Å². The first kappa shape index (κ1) is 7.32. The molecular weight excluding hydrogens is 126 g/mol. The molecule has 0 fully saturated rings. The van der Waals surface area contributed by atoms with Gasteiger partial charge < -0.3 is 4.90 Å². The fourth-order valence-corrected chi connectivity index (χ4v) is 1.41. The zero-order chi connectivity index (χ0) is 7.72. The summed E-state index contributed by atoms with van der Waals surface area (Å²) < 4.78 is 0. The SMILES string of the molecule is CC1=C(N(C)C)C(=O)CC1. The van der Waals surface area contributed by atoms with Crippen LogP contribution < -0.4 is 0 Å². The molecular formula is C8H13NO. The van der Waals surface area contributed by atoms with Crippen molar-refractivity contribution in [2.24, 2.45) is 0 Å². The minimum absolute atomic E-state index is 0.294. The van der Waals surface area contributed by atoms with Crippen LogP contribution in [0.1, 0.15) is 19.8 Å². The molecule has 1 rings (SSSR count). The lowest BCUT2D eigenvalue weighted by Gasteiger charge is -2.12. The second-order valence-corrected chi connectivity index (χ2v) is 2.95. The monoisotopic (exact) mass is 139 g/mol. The van der Waals surface area contributed by atoms with Crippen LogP contribution in [0.25, 0.3) is 0 Å². The van der Waals surface area contributed by atoms with Crippen LogP contribution in [0.4, 0.5) is 0 Å². The van der Waals surface area contributed by atoms with Crippen molar-refractivity contribution in [1.29, 1.82) is 0 Å². The lowest BCUT2D eigenvalue weighted by Crippen LogP contribution is -2.16. The molecule has 0 atom stereocenters. The van der Waals surface area contributed by atoms with Crippen LogP contribution in [0.15, 0.2) is 11.3 Å². The standard InChI is InChI=1S/C8H13NO/c1-6-4-5-7(10)8(6)9(2)3/h4-5H2,1-3H3. The highest BCUT2D eigenvalue weighted by Crippen LogP contribution is 2.22. The van der Waals surface area contributed by atoms with Gasteiger partial charge in [0, 0.05) is 20.5 Å². The molecule has 10 heavy (non-hydrogen) atoms. The smallest absolute Gasteiger partial charge is 0.179 e. The van der Waals surface area contributed by atoms with Gasteiger partial charge in [-0.15, -0.1) is 0 Å². The summed E-state index contributed by atoms with van der Waals surface area (Å²) in [5, 5.41) is 0. The number of carbonyl (C=O) groups excluding carboxylic acids is 1. The minimum atomic E-state index is 0.294. The van der Waals surface area contributed by atoms with Crippen LogP contribution in [-0.4, -0.2) is 24.8 Å². The first-order valence-corrected chi connectivity index (χ1v) is 3.53. The van der Waals surface area contributed by atoms with E-state index in [-0.39, 0.29) is 0 Å². The van der Waals surface area contributed by atoms with Crippen molar-refractivity contribution in [3.8, 4) is 0 Å². The molecule has 0 aromatic heterocycles. The molecule has 0 saturated carbocycles. The molecule has 2 nitrogen and oxygen atoms in total. The maximum absolute atomic E-state index is 11.1. The number of Topliss-reactive ketones (excluding diaryl/α,β-unsaturated/α-hetero) is 1. The lowest BCUT2D eigenvalue weighted by atomic mass is 10.2. The van der Waals surface area contributed by atoms with Gasteiger partial charge >= 0.3 is 0 Å². The third-order valence-electron chi connectivity index (χ3n) is 1.84. The molecule has 2 heteroatoms. The quantitative estimate of drug-likeness (QED) is 0.543. The second-order valence-electron chi connectivity index (χ2n) is 2.95. The highest BCUT2D eigenvalue weighted by Gasteiger charge is 2.20. The topological polar surface area (TPSA) is 20.3 Å². The summed E-state index contributed by atoms with van der Waals surface area (Å²) in [5.74, 6) is 0.294. The van der Waals surface area contributed by atoms with Gasteiger partial charge in [-0.05, 0) is 18.9 Å². The molecule has 0 radical (unpaired) electrons. The largest absolute Gasteiger partial charge is 0.375 e. The van der Waals surface area contributed by atoms with E-state index < -0.39 is 0 Å². The Balaban J connectivity index is 2.88. The number of likely N-dealkylation sites (N-methyl/N-ethyl adjacent to an activating group) is 1. The number of ketones is 1.